The molecule has 0 bridgehead atoms. The Kier molecular flexibility index (Phi) is 1.78. The molecule has 0 amide bonds. The summed E-state index contributed by atoms with van der Waals surface area (Å²) < 4.78 is 6.74. The van der Waals surface area contributed by atoms with E-state index in [9.17, 15) is 4.79 Å². The molecule has 19 heavy (non-hydrogen) atoms. The standard InChI is InChI=1S/C12H7N5O2/c1-6-13-12-15-14-9-10(17(12)16-6)7-4-2-3-5-8(7)19-11(9)18/h2-5H,1H3. The van der Waals surface area contributed by atoms with E-state index in [0.717, 1.165) is 5.39 Å². The summed E-state index contributed by atoms with van der Waals surface area (Å²) in [6.45, 7) is 1.76. The number of hydrogen-bond donors (Lipinski definition) is 0. The Morgan fingerprint density at radius 1 is 1.21 bits per heavy atom. The second-order valence-electron chi connectivity index (χ2n) is 4.15. The van der Waals surface area contributed by atoms with E-state index in [2.05, 4.69) is 20.3 Å². The van der Waals surface area contributed by atoms with Crippen LogP contribution in [-0.2, 0) is 0 Å². The van der Waals surface area contributed by atoms with E-state index < -0.39 is 5.63 Å². The molecule has 0 aliphatic rings. The first-order chi connectivity index (χ1) is 9.24. The van der Waals surface area contributed by atoms with Crippen molar-refractivity contribution in [2.24, 2.45) is 0 Å². The van der Waals surface area contributed by atoms with Crippen LogP contribution in [0.1, 0.15) is 5.82 Å². The zero-order valence-electron chi connectivity index (χ0n) is 9.86. The van der Waals surface area contributed by atoms with Gasteiger partial charge in [-0.2, -0.15) is 9.50 Å². The number of fused-ring (bicyclic) bond motifs is 5. The molecule has 0 N–H and O–H groups in total. The third kappa shape index (κ3) is 1.29. The molecule has 0 radical (unpaired) electrons. The predicted molar refractivity (Wildman–Crippen MR) is 66.9 cm³/mol. The zero-order chi connectivity index (χ0) is 13.0. The van der Waals surface area contributed by atoms with Gasteiger partial charge in [-0.3, -0.25) is 0 Å². The summed E-state index contributed by atoms with van der Waals surface area (Å²) in [4.78, 5) is 16.1. The van der Waals surface area contributed by atoms with Crippen LogP contribution in [-0.4, -0.2) is 24.8 Å². The van der Waals surface area contributed by atoms with Crippen LogP contribution in [0, 0.1) is 6.92 Å². The second-order valence-corrected chi connectivity index (χ2v) is 4.15. The maximum absolute atomic E-state index is 11.9. The minimum Gasteiger partial charge on any atom is -0.421 e. The first-order valence-electron chi connectivity index (χ1n) is 5.65. The number of para-hydroxylation sites is 1. The van der Waals surface area contributed by atoms with Crippen molar-refractivity contribution in [2.45, 2.75) is 6.92 Å². The van der Waals surface area contributed by atoms with Crippen molar-refractivity contribution in [3.05, 3.63) is 40.5 Å². The van der Waals surface area contributed by atoms with Crippen LogP contribution < -0.4 is 5.63 Å². The highest BCUT2D eigenvalue weighted by Crippen LogP contribution is 2.20. The van der Waals surface area contributed by atoms with Crippen LogP contribution in [0.25, 0.3) is 27.8 Å². The van der Waals surface area contributed by atoms with Gasteiger partial charge in [-0.15, -0.1) is 15.3 Å². The van der Waals surface area contributed by atoms with Crippen LogP contribution in [0.15, 0.2) is 33.5 Å². The topological polar surface area (TPSA) is 86.2 Å². The zero-order valence-corrected chi connectivity index (χ0v) is 9.86. The lowest BCUT2D eigenvalue weighted by atomic mass is 10.2. The molecular formula is C12H7N5O2. The van der Waals surface area contributed by atoms with Crippen LogP contribution in [0.2, 0.25) is 0 Å². The summed E-state index contributed by atoms with van der Waals surface area (Å²) in [5.74, 6) is 0.930. The molecule has 0 aliphatic carbocycles. The molecule has 7 nitrogen and oxygen atoms in total. The number of hydrogen-bond acceptors (Lipinski definition) is 6. The summed E-state index contributed by atoms with van der Waals surface area (Å²) in [5, 5.41) is 12.8. The van der Waals surface area contributed by atoms with Gasteiger partial charge in [0.15, 0.2) is 5.52 Å². The molecule has 3 aromatic heterocycles. The van der Waals surface area contributed by atoms with Gasteiger partial charge < -0.3 is 4.42 Å². The van der Waals surface area contributed by atoms with Crippen molar-refractivity contribution in [3.8, 4) is 0 Å². The molecule has 0 atom stereocenters. The summed E-state index contributed by atoms with van der Waals surface area (Å²) in [6.07, 6.45) is 0. The van der Waals surface area contributed by atoms with E-state index in [4.69, 9.17) is 4.42 Å². The van der Waals surface area contributed by atoms with Gasteiger partial charge in [0, 0.05) is 5.39 Å². The van der Waals surface area contributed by atoms with Gasteiger partial charge >= 0.3 is 5.63 Å². The first kappa shape index (κ1) is 10.1. The van der Waals surface area contributed by atoms with E-state index in [-0.39, 0.29) is 5.52 Å². The van der Waals surface area contributed by atoms with Crippen molar-refractivity contribution in [1.82, 2.24) is 24.8 Å². The molecule has 4 rings (SSSR count). The number of nitrogens with zero attached hydrogens (tertiary/aromatic N) is 5. The van der Waals surface area contributed by atoms with Gasteiger partial charge in [0.1, 0.15) is 16.9 Å². The molecule has 0 saturated heterocycles. The SMILES string of the molecule is Cc1nc2nnc3c(=O)oc4ccccc4c3n2n1. The van der Waals surface area contributed by atoms with Gasteiger partial charge in [-0.1, -0.05) is 12.1 Å². The lowest BCUT2D eigenvalue weighted by Gasteiger charge is -2.01. The Morgan fingerprint density at radius 3 is 2.95 bits per heavy atom. The Hall–Kier alpha value is -2.83. The van der Waals surface area contributed by atoms with Gasteiger partial charge in [0.2, 0.25) is 0 Å². The van der Waals surface area contributed by atoms with Gasteiger partial charge in [0.05, 0.1) is 0 Å². The highest BCUT2D eigenvalue weighted by atomic mass is 16.4. The van der Waals surface area contributed by atoms with Gasteiger partial charge in [-0.25, -0.2) is 4.79 Å². The number of aromatic nitrogens is 5. The summed E-state index contributed by atoms with van der Waals surface area (Å²) in [6, 6.07) is 7.23. The van der Waals surface area contributed by atoms with Crippen molar-refractivity contribution in [3.63, 3.8) is 0 Å². The molecule has 92 valence electrons. The first-order valence-corrected chi connectivity index (χ1v) is 5.65. The summed E-state index contributed by atoms with van der Waals surface area (Å²) in [7, 11) is 0. The summed E-state index contributed by atoms with van der Waals surface area (Å²) in [5.41, 5.74) is 0.673. The van der Waals surface area contributed by atoms with Crippen molar-refractivity contribution in [2.75, 3.05) is 0 Å². The normalized spacial score (nSPS) is 11.6. The average Bonchev–Trinajstić information content (AvgIpc) is 2.79. The molecule has 0 spiro atoms. The largest absolute Gasteiger partial charge is 0.421 e. The number of benzene rings is 1. The predicted octanol–water partition coefficient (Wildman–Crippen LogP) is 1.09. The van der Waals surface area contributed by atoms with Crippen LogP contribution in [0.5, 0.6) is 0 Å². The monoisotopic (exact) mass is 253 g/mol. The van der Waals surface area contributed by atoms with Crippen molar-refractivity contribution >= 4 is 27.8 Å². The van der Waals surface area contributed by atoms with E-state index in [0.29, 0.717) is 22.7 Å². The lowest BCUT2D eigenvalue weighted by Crippen LogP contribution is -2.08. The molecule has 4 aromatic rings. The van der Waals surface area contributed by atoms with E-state index in [1.165, 1.54) is 4.52 Å². The van der Waals surface area contributed by atoms with Gasteiger partial charge in [0.25, 0.3) is 5.78 Å². The Morgan fingerprint density at radius 2 is 2.05 bits per heavy atom. The van der Waals surface area contributed by atoms with Crippen LogP contribution in [0.4, 0.5) is 0 Å². The van der Waals surface area contributed by atoms with Crippen molar-refractivity contribution < 1.29 is 4.42 Å². The molecule has 1 aromatic carbocycles. The molecular weight excluding hydrogens is 246 g/mol. The fourth-order valence-corrected chi connectivity index (χ4v) is 2.14. The van der Waals surface area contributed by atoms with E-state index in [1.807, 2.05) is 12.1 Å². The van der Waals surface area contributed by atoms with Crippen molar-refractivity contribution in [1.29, 1.82) is 0 Å². The minimum atomic E-state index is -0.531. The Labute approximate surface area is 105 Å². The lowest BCUT2D eigenvalue weighted by molar-refractivity contribution is 0.566. The highest BCUT2D eigenvalue weighted by Gasteiger charge is 2.14. The molecule has 7 heteroatoms. The molecule has 0 unspecified atom stereocenters. The minimum absolute atomic E-state index is 0.149. The quantitative estimate of drug-likeness (QED) is 0.344. The second kappa shape index (κ2) is 3.35. The van der Waals surface area contributed by atoms with E-state index >= 15 is 0 Å². The molecule has 0 fully saturated rings. The van der Waals surface area contributed by atoms with E-state index in [1.54, 1.807) is 19.1 Å². The maximum atomic E-state index is 11.9. The highest BCUT2D eigenvalue weighted by molar-refractivity contribution is 6.00. The molecule has 0 saturated carbocycles. The summed E-state index contributed by atoms with van der Waals surface area (Å²) >= 11 is 0. The number of rotatable bonds is 0. The maximum Gasteiger partial charge on any atom is 0.366 e. The smallest absolute Gasteiger partial charge is 0.366 e. The molecule has 0 aliphatic heterocycles. The Bertz CT molecular complexity index is 1000. The fourth-order valence-electron chi connectivity index (χ4n) is 2.14. The molecule has 3 heterocycles. The number of aryl methyl sites for hydroxylation is 1. The average molecular weight is 253 g/mol. The third-order valence-electron chi connectivity index (χ3n) is 2.91. The van der Waals surface area contributed by atoms with Crippen LogP contribution in [0.3, 0.4) is 0 Å². The van der Waals surface area contributed by atoms with Crippen LogP contribution >= 0.6 is 0 Å². The fraction of sp³-hybridized carbons (Fsp3) is 0.0833. The third-order valence-corrected chi connectivity index (χ3v) is 2.91. The van der Waals surface area contributed by atoms with Gasteiger partial charge in [-0.05, 0) is 19.1 Å². The Balaban J connectivity index is 2.43.